The molecule has 3 heterocycles. The van der Waals surface area contributed by atoms with Crippen LogP contribution in [0.1, 0.15) is 15.9 Å². The molecule has 96 valence electrons. The van der Waals surface area contributed by atoms with Gasteiger partial charge in [0.1, 0.15) is 22.9 Å². The summed E-state index contributed by atoms with van der Waals surface area (Å²) in [6.07, 6.45) is 2.17. The zero-order valence-corrected chi connectivity index (χ0v) is 10.8. The summed E-state index contributed by atoms with van der Waals surface area (Å²) in [5.41, 5.74) is 0.767. The van der Waals surface area contributed by atoms with Gasteiger partial charge < -0.3 is 4.98 Å². The van der Waals surface area contributed by atoms with Gasteiger partial charge in [0.15, 0.2) is 5.82 Å². The number of H-pyrrole nitrogens is 1. The molecule has 0 radical (unpaired) electrons. The first kappa shape index (κ1) is 12.2. The van der Waals surface area contributed by atoms with Crippen molar-refractivity contribution in [2.75, 3.05) is 0 Å². The minimum Gasteiger partial charge on any atom is -0.305 e. The Kier molecular flexibility index (Phi) is 2.85. The van der Waals surface area contributed by atoms with Crippen molar-refractivity contribution >= 4 is 27.8 Å². The van der Waals surface area contributed by atoms with Gasteiger partial charge in [-0.2, -0.15) is 5.26 Å². The van der Waals surface area contributed by atoms with Gasteiger partial charge in [0.2, 0.25) is 0 Å². The van der Waals surface area contributed by atoms with Crippen molar-refractivity contribution in [2.45, 2.75) is 0 Å². The first-order valence-corrected chi connectivity index (χ1v) is 6.44. The van der Waals surface area contributed by atoms with E-state index in [1.54, 1.807) is 11.4 Å². The number of thiophene rings is 1. The minimum absolute atomic E-state index is 0.275. The van der Waals surface area contributed by atoms with Gasteiger partial charge in [0.25, 0.3) is 5.56 Å². The van der Waals surface area contributed by atoms with Gasteiger partial charge in [-0.05, 0) is 12.1 Å². The van der Waals surface area contributed by atoms with Crippen molar-refractivity contribution in [1.82, 2.24) is 15.0 Å². The van der Waals surface area contributed by atoms with E-state index in [2.05, 4.69) is 15.0 Å². The number of nitrogens with zero attached hydrogens (tertiary/aromatic N) is 3. The Morgan fingerprint density at radius 1 is 1.45 bits per heavy atom. The second kappa shape index (κ2) is 4.68. The van der Waals surface area contributed by atoms with Crippen molar-refractivity contribution < 1.29 is 4.79 Å². The molecule has 0 aliphatic carbocycles. The maximum absolute atomic E-state index is 12.0. The van der Waals surface area contributed by atoms with Crippen LogP contribution in [0.2, 0.25) is 0 Å². The monoisotopic (exact) mass is 282 g/mol. The van der Waals surface area contributed by atoms with Gasteiger partial charge >= 0.3 is 0 Å². The molecule has 6 nitrogen and oxygen atoms in total. The molecule has 0 aromatic carbocycles. The first-order chi connectivity index (χ1) is 9.72. The van der Waals surface area contributed by atoms with Crippen LogP contribution in [-0.4, -0.2) is 21.2 Å². The second-order valence-corrected chi connectivity index (χ2v) is 4.81. The van der Waals surface area contributed by atoms with Crippen molar-refractivity contribution in [3.8, 4) is 17.6 Å². The lowest BCUT2D eigenvalue weighted by Gasteiger charge is -2.00. The maximum Gasteiger partial charge on any atom is 0.261 e. The zero-order valence-electron chi connectivity index (χ0n) is 9.95. The van der Waals surface area contributed by atoms with Gasteiger partial charge in [-0.3, -0.25) is 14.6 Å². The summed E-state index contributed by atoms with van der Waals surface area (Å²) in [7, 11) is 0. The molecular formula is C13H6N4O2S. The lowest BCUT2D eigenvalue weighted by Crippen LogP contribution is -2.09. The van der Waals surface area contributed by atoms with Crippen LogP contribution in [0.15, 0.2) is 28.5 Å². The normalized spacial score (nSPS) is 10.3. The summed E-state index contributed by atoms with van der Waals surface area (Å²) in [5.74, 6) is 0.275. The number of rotatable bonds is 2. The largest absolute Gasteiger partial charge is 0.305 e. The molecule has 7 heteroatoms. The molecule has 0 saturated heterocycles. The highest BCUT2D eigenvalue weighted by Gasteiger charge is 2.12. The number of carbonyl (C=O) groups excluding carboxylic acids is 1. The molecule has 1 N–H and O–H groups in total. The summed E-state index contributed by atoms with van der Waals surface area (Å²) < 4.78 is 0. The molecule has 0 bridgehead atoms. The van der Waals surface area contributed by atoms with Crippen molar-refractivity contribution in [2.24, 2.45) is 0 Å². The van der Waals surface area contributed by atoms with E-state index in [9.17, 15) is 9.59 Å². The molecule has 0 unspecified atom stereocenters. The smallest absolute Gasteiger partial charge is 0.261 e. The number of carbonyl (C=O) groups is 1. The SMILES string of the molecule is N#Cc1csc2nc(-c3cc(C=O)ccn3)[nH]c(=O)c12. The molecular weight excluding hydrogens is 276 g/mol. The van der Waals surface area contributed by atoms with Crippen LogP contribution in [0.3, 0.4) is 0 Å². The van der Waals surface area contributed by atoms with Crippen LogP contribution in [0.4, 0.5) is 0 Å². The fourth-order valence-corrected chi connectivity index (χ4v) is 2.67. The number of nitrogens with one attached hydrogen (secondary N) is 1. The van der Waals surface area contributed by atoms with E-state index in [-0.39, 0.29) is 16.8 Å². The Hall–Kier alpha value is -2.85. The molecule has 0 atom stereocenters. The molecule has 0 aliphatic heterocycles. The van der Waals surface area contributed by atoms with Crippen LogP contribution in [0.5, 0.6) is 0 Å². The summed E-state index contributed by atoms with van der Waals surface area (Å²) in [6, 6.07) is 5.06. The highest BCUT2D eigenvalue weighted by Crippen LogP contribution is 2.22. The number of hydrogen-bond acceptors (Lipinski definition) is 6. The quantitative estimate of drug-likeness (QED) is 0.721. The highest BCUT2D eigenvalue weighted by molar-refractivity contribution is 7.17. The molecule has 0 spiro atoms. The third kappa shape index (κ3) is 1.88. The fourth-order valence-electron chi connectivity index (χ4n) is 1.80. The van der Waals surface area contributed by atoms with Gasteiger partial charge in [-0.25, -0.2) is 4.98 Å². The van der Waals surface area contributed by atoms with E-state index in [1.807, 2.05) is 6.07 Å². The predicted molar refractivity (Wildman–Crippen MR) is 73.6 cm³/mol. The third-order valence-corrected chi connectivity index (χ3v) is 3.60. The Morgan fingerprint density at radius 3 is 3.05 bits per heavy atom. The van der Waals surface area contributed by atoms with Gasteiger partial charge in [0.05, 0.1) is 10.9 Å². The van der Waals surface area contributed by atoms with Crippen molar-refractivity contribution in [3.63, 3.8) is 0 Å². The summed E-state index contributed by atoms with van der Waals surface area (Å²) in [4.78, 5) is 34.2. The van der Waals surface area contributed by atoms with Crippen LogP contribution in [-0.2, 0) is 0 Å². The lowest BCUT2D eigenvalue weighted by atomic mass is 10.2. The van der Waals surface area contributed by atoms with Crippen LogP contribution in [0, 0.1) is 11.3 Å². The average Bonchev–Trinajstić information content (AvgIpc) is 2.91. The standard InChI is InChI=1S/C13H6N4O2S/c14-4-8-6-20-13-10(8)12(19)16-11(17-13)9-3-7(5-18)1-2-15-9/h1-3,5-6H,(H,16,17,19). The van der Waals surface area contributed by atoms with E-state index >= 15 is 0 Å². The molecule has 0 aliphatic rings. The van der Waals surface area contributed by atoms with Gasteiger partial charge in [-0.1, -0.05) is 0 Å². The lowest BCUT2D eigenvalue weighted by molar-refractivity contribution is 0.112. The highest BCUT2D eigenvalue weighted by atomic mass is 32.1. The summed E-state index contributed by atoms with van der Waals surface area (Å²) in [5, 5.41) is 10.8. The van der Waals surface area contributed by atoms with Gasteiger partial charge in [-0.15, -0.1) is 11.3 Å². The Bertz CT molecular complexity index is 920. The Morgan fingerprint density at radius 2 is 2.30 bits per heavy atom. The topological polar surface area (TPSA) is 99.5 Å². The van der Waals surface area contributed by atoms with E-state index in [4.69, 9.17) is 5.26 Å². The minimum atomic E-state index is -0.388. The number of fused-ring (bicyclic) bond motifs is 1. The van der Waals surface area contributed by atoms with E-state index in [0.717, 1.165) is 0 Å². The molecule has 3 aromatic rings. The van der Waals surface area contributed by atoms with Crippen molar-refractivity contribution in [1.29, 1.82) is 5.26 Å². The van der Waals surface area contributed by atoms with Crippen LogP contribution < -0.4 is 5.56 Å². The maximum atomic E-state index is 12.0. The molecule has 20 heavy (non-hydrogen) atoms. The molecule has 0 saturated carbocycles. The predicted octanol–water partition coefficient (Wildman–Crippen LogP) is 1.73. The first-order valence-electron chi connectivity index (χ1n) is 5.56. The Balaban J connectivity index is 2.25. The van der Waals surface area contributed by atoms with E-state index in [0.29, 0.717) is 27.9 Å². The molecule has 0 fully saturated rings. The number of hydrogen-bond donors (Lipinski definition) is 1. The van der Waals surface area contributed by atoms with Crippen LogP contribution in [0.25, 0.3) is 21.7 Å². The fraction of sp³-hybridized carbons (Fsp3) is 0. The number of aldehydes is 1. The zero-order chi connectivity index (χ0) is 14.1. The summed E-state index contributed by atoms with van der Waals surface area (Å²) >= 11 is 1.22. The molecule has 0 amide bonds. The molecule has 3 rings (SSSR count). The average molecular weight is 282 g/mol. The second-order valence-electron chi connectivity index (χ2n) is 3.95. The number of pyridine rings is 1. The number of nitriles is 1. The Labute approximate surface area is 116 Å². The third-order valence-electron chi connectivity index (χ3n) is 2.73. The van der Waals surface area contributed by atoms with E-state index < -0.39 is 0 Å². The molecule has 3 aromatic heterocycles. The van der Waals surface area contributed by atoms with Crippen LogP contribution >= 0.6 is 11.3 Å². The van der Waals surface area contributed by atoms with E-state index in [1.165, 1.54) is 23.6 Å². The summed E-state index contributed by atoms with van der Waals surface area (Å²) in [6.45, 7) is 0. The number of aromatic amines is 1. The van der Waals surface area contributed by atoms with Crippen molar-refractivity contribution in [3.05, 3.63) is 45.2 Å². The number of aromatic nitrogens is 3. The van der Waals surface area contributed by atoms with Gasteiger partial charge in [0, 0.05) is 17.1 Å².